The molecule has 0 saturated heterocycles. The molecule has 48 heavy (non-hydrogen) atoms. The van der Waals surface area contributed by atoms with Crippen molar-refractivity contribution in [3.8, 4) is 5.75 Å². The minimum Gasteiger partial charge on any atom is -0.496 e. The average Bonchev–Trinajstić information content (AvgIpc) is 3.11. The van der Waals surface area contributed by atoms with Crippen LogP contribution in [0.2, 0.25) is 0 Å². The lowest BCUT2D eigenvalue weighted by molar-refractivity contribution is -0.144. The van der Waals surface area contributed by atoms with Crippen molar-refractivity contribution in [1.29, 1.82) is 0 Å². The Balaban J connectivity index is 1.27. The van der Waals surface area contributed by atoms with E-state index in [-0.39, 0.29) is 30.6 Å². The van der Waals surface area contributed by atoms with Crippen molar-refractivity contribution in [3.05, 3.63) is 83.6 Å². The number of carbonyl (C=O) groups excluding carboxylic acids is 3. The number of methoxy groups -OCH3 is 2. The van der Waals surface area contributed by atoms with Gasteiger partial charge < -0.3 is 34.9 Å². The largest absolute Gasteiger partial charge is 0.496 e. The van der Waals surface area contributed by atoms with E-state index in [1.807, 2.05) is 6.08 Å². The third kappa shape index (κ3) is 10.1. The molecule has 13 nitrogen and oxygen atoms in total. The van der Waals surface area contributed by atoms with Gasteiger partial charge in [0.05, 0.1) is 30.7 Å². The summed E-state index contributed by atoms with van der Waals surface area (Å²) in [5.74, 6) is -0.334. The van der Waals surface area contributed by atoms with Crippen molar-refractivity contribution in [2.75, 3.05) is 40.5 Å². The van der Waals surface area contributed by atoms with Gasteiger partial charge in [0.1, 0.15) is 18.5 Å². The van der Waals surface area contributed by atoms with Crippen LogP contribution in [0.25, 0.3) is 0 Å². The van der Waals surface area contributed by atoms with Crippen LogP contribution >= 0.6 is 0 Å². The predicted molar refractivity (Wildman–Crippen MR) is 177 cm³/mol. The number of sulfonamides is 1. The first-order valence-corrected chi connectivity index (χ1v) is 17.3. The molecule has 2 unspecified atom stereocenters. The summed E-state index contributed by atoms with van der Waals surface area (Å²) < 4.78 is 50.0. The first-order valence-electron chi connectivity index (χ1n) is 15.9. The fourth-order valence-corrected chi connectivity index (χ4v) is 6.68. The zero-order chi connectivity index (χ0) is 34.5. The summed E-state index contributed by atoms with van der Waals surface area (Å²) in [5, 5.41) is 2.61. The Hall–Kier alpha value is -4.24. The van der Waals surface area contributed by atoms with Crippen molar-refractivity contribution in [1.82, 2.24) is 14.9 Å². The standard InChI is InChI=1S/C34H44N4O9S/c1-44-29-14-7-6-13-28(29)33(40)38-19-9-8-12-26(38)21-36-34(41)47-23-30(45-2)31(32(35)39)46-22-25-15-17-27(18-16-25)48(42,43)37-20-24-10-4-3-5-11-24/h6-9,12-18,24,30-31,37H,3-5,10-11,19-23H2,1-2H3,(H2,35,39)(H,36,41). The van der Waals surface area contributed by atoms with Gasteiger partial charge in [-0.3, -0.25) is 9.59 Å². The molecule has 2 atom stereocenters. The molecule has 1 aliphatic carbocycles. The van der Waals surface area contributed by atoms with Gasteiger partial charge in [0.15, 0.2) is 6.10 Å². The lowest BCUT2D eigenvalue weighted by Gasteiger charge is -2.27. The van der Waals surface area contributed by atoms with Gasteiger partial charge in [0.25, 0.3) is 5.91 Å². The van der Waals surface area contributed by atoms with Crippen LogP contribution in [0, 0.1) is 5.92 Å². The normalized spacial score (nSPS) is 16.5. The number of allylic oxidation sites excluding steroid dienone is 2. The molecule has 1 fully saturated rings. The zero-order valence-electron chi connectivity index (χ0n) is 27.3. The molecule has 0 radical (unpaired) electrons. The van der Waals surface area contributed by atoms with E-state index < -0.39 is 34.2 Å². The maximum Gasteiger partial charge on any atom is 0.407 e. The second-order valence-corrected chi connectivity index (χ2v) is 13.3. The lowest BCUT2D eigenvalue weighted by Crippen LogP contribution is -2.45. The van der Waals surface area contributed by atoms with Crippen LogP contribution in [0.5, 0.6) is 5.75 Å². The Morgan fingerprint density at radius 3 is 2.44 bits per heavy atom. The molecule has 0 bridgehead atoms. The van der Waals surface area contributed by atoms with Crippen molar-refractivity contribution in [3.63, 3.8) is 0 Å². The van der Waals surface area contributed by atoms with E-state index in [1.54, 1.807) is 48.6 Å². The fourth-order valence-electron chi connectivity index (χ4n) is 5.56. The van der Waals surface area contributed by atoms with E-state index in [9.17, 15) is 22.8 Å². The SMILES string of the molecule is COc1ccccc1C(=O)N1CC=CC=C1CNC(=O)OCC(OC)C(OCc1ccc(S(=O)(=O)NCC2CCCCC2)cc1)C(N)=O. The number of nitrogens with zero attached hydrogens (tertiary/aromatic N) is 1. The van der Waals surface area contributed by atoms with Gasteiger partial charge in [-0.1, -0.05) is 55.7 Å². The van der Waals surface area contributed by atoms with Gasteiger partial charge in [0.2, 0.25) is 15.9 Å². The van der Waals surface area contributed by atoms with Gasteiger partial charge in [-0.05, 0) is 54.7 Å². The van der Waals surface area contributed by atoms with Crippen molar-refractivity contribution < 1.29 is 41.7 Å². The highest BCUT2D eigenvalue weighted by Crippen LogP contribution is 2.24. The number of ether oxygens (including phenoxy) is 4. The number of amides is 3. The Morgan fingerprint density at radius 2 is 1.75 bits per heavy atom. The van der Waals surface area contributed by atoms with Crippen LogP contribution in [-0.4, -0.2) is 83.9 Å². The first-order chi connectivity index (χ1) is 23.1. The summed E-state index contributed by atoms with van der Waals surface area (Å²) in [5.41, 5.74) is 7.09. The molecule has 2 aromatic rings. The monoisotopic (exact) mass is 684 g/mol. The third-order valence-electron chi connectivity index (χ3n) is 8.31. The fraction of sp³-hybridized carbons (Fsp3) is 0.441. The van der Waals surface area contributed by atoms with E-state index in [1.165, 1.54) is 37.7 Å². The van der Waals surface area contributed by atoms with Crippen molar-refractivity contribution in [2.24, 2.45) is 11.7 Å². The molecular weight excluding hydrogens is 640 g/mol. The maximum atomic E-state index is 13.3. The van der Waals surface area contributed by atoms with Gasteiger partial charge in [-0.2, -0.15) is 0 Å². The van der Waals surface area contributed by atoms with Crippen LogP contribution in [0.1, 0.15) is 48.0 Å². The number of para-hydroxylation sites is 1. The van der Waals surface area contributed by atoms with Crippen LogP contribution in [0.3, 0.4) is 0 Å². The van der Waals surface area contributed by atoms with Crippen LogP contribution in [0.4, 0.5) is 4.79 Å². The first kappa shape index (κ1) is 36.6. The molecule has 260 valence electrons. The van der Waals surface area contributed by atoms with E-state index in [4.69, 9.17) is 24.7 Å². The number of benzene rings is 2. The number of alkyl carbamates (subject to hydrolysis) is 1. The number of nitrogens with two attached hydrogens (primary N) is 1. The smallest absolute Gasteiger partial charge is 0.407 e. The molecule has 1 heterocycles. The van der Waals surface area contributed by atoms with E-state index >= 15 is 0 Å². The zero-order valence-corrected chi connectivity index (χ0v) is 28.1. The number of rotatable bonds is 16. The van der Waals surface area contributed by atoms with Gasteiger partial charge in [-0.25, -0.2) is 17.9 Å². The molecule has 3 amide bonds. The second-order valence-electron chi connectivity index (χ2n) is 11.6. The third-order valence-corrected chi connectivity index (χ3v) is 9.74. The second kappa shape index (κ2) is 17.8. The molecule has 1 aliphatic heterocycles. The summed E-state index contributed by atoms with van der Waals surface area (Å²) in [6.45, 7) is 0.275. The van der Waals surface area contributed by atoms with Crippen molar-refractivity contribution in [2.45, 2.75) is 55.8 Å². The highest BCUT2D eigenvalue weighted by atomic mass is 32.2. The predicted octanol–water partition coefficient (Wildman–Crippen LogP) is 3.26. The summed E-state index contributed by atoms with van der Waals surface area (Å²) in [6.07, 6.45) is 7.70. The molecule has 2 aliphatic rings. The van der Waals surface area contributed by atoms with Crippen LogP contribution in [0.15, 0.2) is 77.4 Å². The Labute approximate surface area is 281 Å². The van der Waals surface area contributed by atoms with Gasteiger partial charge >= 0.3 is 6.09 Å². The molecule has 1 saturated carbocycles. The van der Waals surface area contributed by atoms with E-state index in [0.29, 0.717) is 41.6 Å². The summed E-state index contributed by atoms with van der Waals surface area (Å²) >= 11 is 0. The minimum atomic E-state index is -3.66. The van der Waals surface area contributed by atoms with Gasteiger partial charge in [0, 0.05) is 25.9 Å². The number of carbonyl (C=O) groups is 3. The lowest BCUT2D eigenvalue weighted by atomic mass is 9.90. The summed E-state index contributed by atoms with van der Waals surface area (Å²) in [6, 6.07) is 13.0. The summed E-state index contributed by atoms with van der Waals surface area (Å²) in [4.78, 5) is 39.8. The van der Waals surface area contributed by atoms with Crippen LogP contribution in [-0.2, 0) is 35.6 Å². The molecule has 4 N–H and O–H groups in total. The van der Waals surface area contributed by atoms with E-state index in [0.717, 1.165) is 25.7 Å². The Bertz CT molecular complexity index is 1570. The van der Waals surface area contributed by atoms with Gasteiger partial charge in [-0.15, -0.1) is 0 Å². The molecule has 14 heteroatoms. The Kier molecular flexibility index (Phi) is 13.6. The minimum absolute atomic E-state index is 0.0146. The number of hydrogen-bond acceptors (Lipinski definition) is 9. The summed E-state index contributed by atoms with van der Waals surface area (Å²) in [7, 11) is -0.848. The quantitative estimate of drug-likeness (QED) is 0.240. The molecular formula is C34H44N4O9S. The van der Waals surface area contributed by atoms with E-state index in [2.05, 4.69) is 10.0 Å². The average molecular weight is 685 g/mol. The number of hydrogen-bond donors (Lipinski definition) is 3. The molecule has 2 aromatic carbocycles. The highest BCUT2D eigenvalue weighted by Gasteiger charge is 2.30. The molecule has 0 spiro atoms. The van der Waals surface area contributed by atoms with Crippen molar-refractivity contribution >= 4 is 27.9 Å². The number of nitrogens with one attached hydrogen (secondary N) is 2. The Morgan fingerprint density at radius 1 is 1.02 bits per heavy atom. The topological polar surface area (TPSA) is 176 Å². The maximum absolute atomic E-state index is 13.3. The molecule has 4 rings (SSSR count). The highest BCUT2D eigenvalue weighted by molar-refractivity contribution is 7.89. The number of primary amides is 1. The molecule has 0 aromatic heterocycles. The van der Waals surface area contributed by atoms with Crippen LogP contribution < -0.4 is 20.5 Å².